The Labute approximate surface area is 171 Å². The lowest BCUT2D eigenvalue weighted by molar-refractivity contribution is 0.0941. The van der Waals surface area contributed by atoms with Gasteiger partial charge in [0.15, 0.2) is 0 Å². The van der Waals surface area contributed by atoms with E-state index in [2.05, 4.69) is 21.9 Å². The maximum atomic E-state index is 13.7. The monoisotopic (exact) mass is 419 g/mol. The van der Waals surface area contributed by atoms with E-state index in [0.29, 0.717) is 23.7 Å². The van der Waals surface area contributed by atoms with Crippen molar-refractivity contribution in [3.8, 4) is 0 Å². The summed E-state index contributed by atoms with van der Waals surface area (Å²) in [6.45, 7) is 6.23. The summed E-state index contributed by atoms with van der Waals surface area (Å²) in [5.74, 6) is -0.843. The van der Waals surface area contributed by atoms with E-state index in [9.17, 15) is 17.6 Å². The Morgan fingerprint density at radius 2 is 2.03 bits per heavy atom. The molecule has 0 aliphatic carbocycles. The third kappa shape index (κ3) is 5.13. The van der Waals surface area contributed by atoms with E-state index in [-0.39, 0.29) is 16.5 Å². The Bertz CT molecular complexity index is 994. The van der Waals surface area contributed by atoms with Crippen molar-refractivity contribution in [3.05, 3.63) is 59.4 Å². The minimum absolute atomic E-state index is 0.170. The van der Waals surface area contributed by atoms with Gasteiger partial charge < -0.3 is 5.32 Å². The third-order valence-electron chi connectivity index (χ3n) is 5.23. The minimum atomic E-state index is -3.96. The first kappa shape index (κ1) is 21.3. The summed E-state index contributed by atoms with van der Waals surface area (Å²) in [6.07, 6.45) is 2.19. The maximum absolute atomic E-state index is 13.7. The Hall–Kier alpha value is -2.45. The number of amides is 1. The number of nitrogens with zero attached hydrogens (tertiary/aromatic N) is 1. The summed E-state index contributed by atoms with van der Waals surface area (Å²) < 4.78 is 41.2. The van der Waals surface area contributed by atoms with Crippen molar-refractivity contribution >= 4 is 21.6 Å². The lowest BCUT2D eigenvalue weighted by Crippen LogP contribution is -2.40. The molecular weight excluding hydrogens is 393 g/mol. The van der Waals surface area contributed by atoms with Gasteiger partial charge in [0.05, 0.1) is 4.90 Å². The number of halogens is 1. The largest absolute Gasteiger partial charge is 0.350 e. The summed E-state index contributed by atoms with van der Waals surface area (Å²) in [7, 11) is -3.96. The van der Waals surface area contributed by atoms with E-state index in [4.69, 9.17) is 0 Å². The SMILES string of the molecule is CCN1CCCC1CNC(=O)c1cccc(NS(=O)(=O)c2ccc(C)c(F)c2)c1. The highest BCUT2D eigenvalue weighted by Crippen LogP contribution is 2.20. The lowest BCUT2D eigenvalue weighted by atomic mass is 10.1. The Morgan fingerprint density at radius 1 is 1.24 bits per heavy atom. The molecule has 29 heavy (non-hydrogen) atoms. The summed E-state index contributed by atoms with van der Waals surface area (Å²) in [5, 5.41) is 2.93. The van der Waals surface area contributed by atoms with Crippen LogP contribution >= 0.6 is 0 Å². The average molecular weight is 420 g/mol. The van der Waals surface area contributed by atoms with E-state index < -0.39 is 15.8 Å². The van der Waals surface area contributed by atoms with Gasteiger partial charge in [-0.05, 0) is 68.8 Å². The number of likely N-dealkylation sites (tertiary alicyclic amines) is 1. The number of carbonyl (C=O) groups excluding carboxylic acids is 1. The highest BCUT2D eigenvalue weighted by Gasteiger charge is 2.23. The number of carbonyl (C=O) groups is 1. The quantitative estimate of drug-likeness (QED) is 0.723. The van der Waals surface area contributed by atoms with Crippen LogP contribution in [0.25, 0.3) is 0 Å². The van der Waals surface area contributed by atoms with Gasteiger partial charge in [0.25, 0.3) is 15.9 Å². The van der Waals surface area contributed by atoms with E-state index >= 15 is 0 Å². The normalized spacial score (nSPS) is 17.3. The van der Waals surface area contributed by atoms with E-state index in [1.165, 1.54) is 18.2 Å². The summed E-state index contributed by atoms with van der Waals surface area (Å²) >= 11 is 0. The van der Waals surface area contributed by atoms with Crippen molar-refractivity contribution in [1.82, 2.24) is 10.2 Å². The molecule has 8 heteroatoms. The van der Waals surface area contributed by atoms with Crippen LogP contribution in [0.5, 0.6) is 0 Å². The zero-order valence-electron chi connectivity index (χ0n) is 16.6. The Kier molecular flexibility index (Phi) is 6.54. The standard InChI is InChI=1S/C21H26FN3O3S/c1-3-25-11-5-8-18(25)14-23-21(26)16-6-4-7-17(12-16)24-29(27,28)19-10-9-15(2)20(22)13-19/h4,6-7,9-10,12-13,18,24H,3,5,8,11,14H2,1-2H3,(H,23,26). The first-order valence-corrected chi connectivity index (χ1v) is 11.2. The molecule has 2 N–H and O–H groups in total. The second kappa shape index (κ2) is 8.92. The molecule has 1 saturated heterocycles. The molecule has 1 heterocycles. The zero-order chi connectivity index (χ0) is 21.0. The number of hydrogen-bond donors (Lipinski definition) is 2. The summed E-state index contributed by atoms with van der Waals surface area (Å²) in [4.78, 5) is 14.7. The predicted molar refractivity (Wildman–Crippen MR) is 111 cm³/mol. The van der Waals surface area contributed by atoms with Crippen molar-refractivity contribution < 1.29 is 17.6 Å². The topological polar surface area (TPSA) is 78.5 Å². The fourth-order valence-corrected chi connectivity index (χ4v) is 4.59. The van der Waals surface area contributed by atoms with Crippen LogP contribution in [0.2, 0.25) is 0 Å². The molecule has 156 valence electrons. The van der Waals surface area contributed by atoms with Crippen LogP contribution in [-0.2, 0) is 10.0 Å². The number of likely N-dealkylation sites (N-methyl/N-ethyl adjacent to an activating group) is 1. The second-order valence-electron chi connectivity index (χ2n) is 7.23. The molecule has 0 radical (unpaired) electrons. The van der Waals surface area contributed by atoms with Gasteiger partial charge in [0.2, 0.25) is 0 Å². The molecular formula is C21H26FN3O3S. The molecule has 1 atom stereocenters. The van der Waals surface area contributed by atoms with Crippen LogP contribution in [0.15, 0.2) is 47.4 Å². The highest BCUT2D eigenvalue weighted by molar-refractivity contribution is 7.92. The van der Waals surface area contributed by atoms with E-state index in [1.54, 1.807) is 25.1 Å². The van der Waals surface area contributed by atoms with Crippen molar-refractivity contribution in [2.45, 2.75) is 37.6 Å². The van der Waals surface area contributed by atoms with Crippen LogP contribution in [0, 0.1) is 12.7 Å². The van der Waals surface area contributed by atoms with Crippen LogP contribution in [0.3, 0.4) is 0 Å². The second-order valence-corrected chi connectivity index (χ2v) is 8.91. The van der Waals surface area contributed by atoms with Crippen LogP contribution in [0.1, 0.15) is 35.7 Å². The number of sulfonamides is 1. The molecule has 3 rings (SSSR count). The van der Waals surface area contributed by atoms with Gasteiger partial charge in [-0.1, -0.05) is 19.1 Å². The van der Waals surface area contributed by atoms with E-state index in [1.807, 2.05) is 0 Å². The molecule has 2 aromatic rings. The van der Waals surface area contributed by atoms with Gasteiger partial charge in [-0.2, -0.15) is 0 Å². The van der Waals surface area contributed by atoms with Gasteiger partial charge in [0, 0.05) is 23.8 Å². The summed E-state index contributed by atoms with van der Waals surface area (Å²) in [6, 6.07) is 10.3. The van der Waals surface area contributed by atoms with Crippen molar-refractivity contribution in [2.75, 3.05) is 24.4 Å². The first-order valence-electron chi connectivity index (χ1n) is 9.71. The zero-order valence-corrected chi connectivity index (χ0v) is 17.4. The number of anilines is 1. The molecule has 0 saturated carbocycles. The van der Waals surface area contributed by atoms with Gasteiger partial charge in [0.1, 0.15) is 5.82 Å². The number of aryl methyl sites for hydroxylation is 1. The average Bonchev–Trinajstić information content (AvgIpc) is 3.15. The number of nitrogens with one attached hydrogen (secondary N) is 2. The van der Waals surface area contributed by atoms with Gasteiger partial charge in [-0.25, -0.2) is 12.8 Å². The number of hydrogen-bond acceptors (Lipinski definition) is 4. The molecule has 1 unspecified atom stereocenters. The maximum Gasteiger partial charge on any atom is 0.261 e. The fraction of sp³-hybridized carbons (Fsp3) is 0.381. The molecule has 0 spiro atoms. The highest BCUT2D eigenvalue weighted by atomic mass is 32.2. The van der Waals surface area contributed by atoms with Crippen LogP contribution in [-0.4, -0.2) is 44.9 Å². The molecule has 2 aromatic carbocycles. The third-order valence-corrected chi connectivity index (χ3v) is 6.61. The van der Waals surface area contributed by atoms with Crippen LogP contribution in [0.4, 0.5) is 10.1 Å². The first-order chi connectivity index (χ1) is 13.8. The number of rotatable bonds is 7. The van der Waals surface area contributed by atoms with Crippen molar-refractivity contribution in [1.29, 1.82) is 0 Å². The molecule has 0 bridgehead atoms. The van der Waals surface area contributed by atoms with Gasteiger partial charge in [-0.3, -0.25) is 14.4 Å². The molecule has 0 aromatic heterocycles. The van der Waals surface area contributed by atoms with Gasteiger partial charge >= 0.3 is 0 Å². The molecule has 6 nitrogen and oxygen atoms in total. The molecule has 1 fully saturated rings. The molecule has 1 aliphatic rings. The minimum Gasteiger partial charge on any atom is -0.350 e. The van der Waals surface area contributed by atoms with Crippen molar-refractivity contribution in [3.63, 3.8) is 0 Å². The predicted octanol–water partition coefficient (Wildman–Crippen LogP) is 3.15. The molecule has 1 amide bonds. The molecule has 1 aliphatic heterocycles. The fourth-order valence-electron chi connectivity index (χ4n) is 3.53. The smallest absolute Gasteiger partial charge is 0.261 e. The lowest BCUT2D eigenvalue weighted by Gasteiger charge is -2.22. The van der Waals surface area contributed by atoms with Crippen molar-refractivity contribution in [2.24, 2.45) is 0 Å². The summed E-state index contributed by atoms with van der Waals surface area (Å²) in [5.41, 5.74) is 0.975. The van der Waals surface area contributed by atoms with Gasteiger partial charge in [-0.15, -0.1) is 0 Å². The van der Waals surface area contributed by atoms with Crippen LogP contribution < -0.4 is 10.0 Å². The number of benzene rings is 2. The van der Waals surface area contributed by atoms with E-state index in [0.717, 1.165) is 32.0 Å². The Morgan fingerprint density at radius 3 is 2.76 bits per heavy atom. The Balaban J connectivity index is 1.68.